The molecule has 0 saturated heterocycles. The van der Waals surface area contributed by atoms with Gasteiger partial charge in [0.05, 0.1) is 0 Å². The van der Waals surface area contributed by atoms with Gasteiger partial charge in [0.25, 0.3) is 0 Å². The Kier molecular flexibility index (Phi) is 4.15. The average molecular weight is 191 g/mol. The molecule has 0 spiro atoms. The van der Waals surface area contributed by atoms with E-state index in [1.165, 1.54) is 11.1 Å². The van der Waals surface area contributed by atoms with Crippen LogP contribution in [0.5, 0.6) is 0 Å². The minimum atomic E-state index is 0.553. The van der Waals surface area contributed by atoms with E-state index in [1.54, 1.807) is 0 Å². The van der Waals surface area contributed by atoms with Crippen molar-refractivity contribution in [2.45, 2.75) is 46.2 Å². The van der Waals surface area contributed by atoms with Crippen LogP contribution in [0.1, 0.15) is 31.9 Å². The Bertz CT molecular complexity index is 261. The summed E-state index contributed by atoms with van der Waals surface area (Å²) in [5, 5.41) is 3.51. The summed E-state index contributed by atoms with van der Waals surface area (Å²) < 4.78 is 0. The SMILES string of the molecule is Cc1ccc(CC(C)NC(C)C)cc1. The molecule has 0 aliphatic heterocycles. The van der Waals surface area contributed by atoms with E-state index in [4.69, 9.17) is 0 Å². The second-order valence-electron chi connectivity index (χ2n) is 4.41. The van der Waals surface area contributed by atoms with E-state index in [-0.39, 0.29) is 0 Å². The minimum Gasteiger partial charge on any atom is -0.312 e. The zero-order valence-electron chi connectivity index (χ0n) is 9.67. The molecule has 0 fully saturated rings. The highest BCUT2D eigenvalue weighted by Crippen LogP contribution is 2.06. The summed E-state index contributed by atoms with van der Waals surface area (Å²) in [4.78, 5) is 0. The first-order valence-corrected chi connectivity index (χ1v) is 5.39. The van der Waals surface area contributed by atoms with Gasteiger partial charge in [-0.3, -0.25) is 0 Å². The van der Waals surface area contributed by atoms with Crippen molar-refractivity contribution in [1.29, 1.82) is 0 Å². The van der Waals surface area contributed by atoms with Crippen LogP contribution in [0.4, 0.5) is 0 Å². The van der Waals surface area contributed by atoms with Crippen molar-refractivity contribution in [2.24, 2.45) is 0 Å². The van der Waals surface area contributed by atoms with Gasteiger partial charge in [0, 0.05) is 12.1 Å². The van der Waals surface area contributed by atoms with Gasteiger partial charge in [-0.05, 0) is 25.8 Å². The fourth-order valence-corrected chi connectivity index (χ4v) is 1.71. The summed E-state index contributed by atoms with van der Waals surface area (Å²) in [5.41, 5.74) is 2.74. The van der Waals surface area contributed by atoms with Gasteiger partial charge in [0.15, 0.2) is 0 Å². The molecule has 14 heavy (non-hydrogen) atoms. The first-order valence-electron chi connectivity index (χ1n) is 5.39. The molecule has 0 aliphatic rings. The molecule has 0 saturated carbocycles. The molecule has 1 aromatic rings. The first kappa shape index (κ1) is 11.3. The number of hydrogen-bond acceptors (Lipinski definition) is 1. The lowest BCUT2D eigenvalue weighted by molar-refractivity contribution is 0.488. The molecule has 0 heterocycles. The Labute approximate surface area is 87.5 Å². The number of hydrogen-bond donors (Lipinski definition) is 1. The van der Waals surface area contributed by atoms with Gasteiger partial charge in [-0.2, -0.15) is 0 Å². The second kappa shape index (κ2) is 5.16. The summed E-state index contributed by atoms with van der Waals surface area (Å²) in [6.07, 6.45) is 1.11. The lowest BCUT2D eigenvalue weighted by Crippen LogP contribution is -2.33. The van der Waals surface area contributed by atoms with Crippen molar-refractivity contribution in [3.8, 4) is 0 Å². The van der Waals surface area contributed by atoms with Crippen LogP contribution in [-0.2, 0) is 6.42 Å². The largest absolute Gasteiger partial charge is 0.312 e. The fraction of sp³-hybridized carbons (Fsp3) is 0.538. The molecule has 0 radical (unpaired) electrons. The first-order chi connectivity index (χ1) is 6.58. The molecule has 1 N–H and O–H groups in total. The minimum absolute atomic E-state index is 0.553. The fourth-order valence-electron chi connectivity index (χ4n) is 1.71. The van der Waals surface area contributed by atoms with Gasteiger partial charge in [0.2, 0.25) is 0 Å². The summed E-state index contributed by atoms with van der Waals surface area (Å²) in [6.45, 7) is 8.73. The zero-order valence-corrected chi connectivity index (χ0v) is 9.67. The molecule has 0 aromatic heterocycles. The van der Waals surface area contributed by atoms with E-state index in [2.05, 4.69) is 57.3 Å². The highest BCUT2D eigenvalue weighted by atomic mass is 14.9. The van der Waals surface area contributed by atoms with E-state index in [1.807, 2.05) is 0 Å². The van der Waals surface area contributed by atoms with Crippen molar-refractivity contribution in [1.82, 2.24) is 5.32 Å². The van der Waals surface area contributed by atoms with Gasteiger partial charge in [-0.15, -0.1) is 0 Å². The highest BCUT2D eigenvalue weighted by Gasteiger charge is 2.03. The highest BCUT2D eigenvalue weighted by molar-refractivity contribution is 5.21. The molecule has 1 aromatic carbocycles. The summed E-state index contributed by atoms with van der Waals surface area (Å²) >= 11 is 0. The maximum atomic E-state index is 3.51. The Morgan fingerprint density at radius 3 is 2.14 bits per heavy atom. The number of rotatable bonds is 4. The lowest BCUT2D eigenvalue weighted by atomic mass is 10.1. The van der Waals surface area contributed by atoms with Crippen LogP contribution in [-0.4, -0.2) is 12.1 Å². The van der Waals surface area contributed by atoms with E-state index in [0.29, 0.717) is 12.1 Å². The molecular formula is C13H21N. The molecule has 1 nitrogen and oxygen atoms in total. The molecule has 1 atom stereocenters. The number of nitrogens with one attached hydrogen (secondary N) is 1. The molecule has 1 unspecified atom stereocenters. The molecule has 1 heteroatoms. The number of aryl methyl sites for hydroxylation is 1. The summed E-state index contributed by atoms with van der Waals surface area (Å²) in [7, 11) is 0. The standard InChI is InChI=1S/C13H21N/c1-10(2)14-12(4)9-13-7-5-11(3)6-8-13/h5-8,10,12,14H,9H2,1-4H3. The Hall–Kier alpha value is -0.820. The van der Waals surface area contributed by atoms with E-state index >= 15 is 0 Å². The van der Waals surface area contributed by atoms with Gasteiger partial charge in [0.1, 0.15) is 0 Å². The van der Waals surface area contributed by atoms with Crippen molar-refractivity contribution in [2.75, 3.05) is 0 Å². The smallest absolute Gasteiger partial charge is 0.00815 e. The van der Waals surface area contributed by atoms with E-state index < -0.39 is 0 Å². The molecule has 0 aliphatic carbocycles. The molecule has 78 valence electrons. The quantitative estimate of drug-likeness (QED) is 0.771. The predicted octanol–water partition coefficient (Wildman–Crippen LogP) is 2.92. The molecule has 0 amide bonds. The maximum Gasteiger partial charge on any atom is 0.00815 e. The zero-order chi connectivity index (χ0) is 10.6. The third-order valence-electron chi connectivity index (χ3n) is 2.28. The van der Waals surface area contributed by atoms with Crippen LogP contribution in [0.15, 0.2) is 24.3 Å². The Morgan fingerprint density at radius 1 is 1.07 bits per heavy atom. The lowest BCUT2D eigenvalue weighted by Gasteiger charge is -2.16. The van der Waals surface area contributed by atoms with Gasteiger partial charge in [-0.1, -0.05) is 43.7 Å². The normalized spacial score (nSPS) is 13.2. The van der Waals surface area contributed by atoms with Crippen LogP contribution >= 0.6 is 0 Å². The van der Waals surface area contributed by atoms with Gasteiger partial charge >= 0.3 is 0 Å². The summed E-state index contributed by atoms with van der Waals surface area (Å²) in [5.74, 6) is 0. The molecule has 0 bridgehead atoms. The van der Waals surface area contributed by atoms with Crippen LogP contribution in [0.2, 0.25) is 0 Å². The number of benzene rings is 1. The van der Waals surface area contributed by atoms with Crippen LogP contribution < -0.4 is 5.32 Å². The predicted molar refractivity (Wildman–Crippen MR) is 62.6 cm³/mol. The average Bonchev–Trinajstić information content (AvgIpc) is 2.07. The van der Waals surface area contributed by atoms with Gasteiger partial charge in [-0.25, -0.2) is 0 Å². The Morgan fingerprint density at radius 2 is 1.64 bits per heavy atom. The topological polar surface area (TPSA) is 12.0 Å². The van der Waals surface area contributed by atoms with Crippen LogP contribution in [0, 0.1) is 6.92 Å². The molecule has 1 rings (SSSR count). The molecular weight excluding hydrogens is 170 g/mol. The third-order valence-corrected chi connectivity index (χ3v) is 2.28. The summed E-state index contributed by atoms with van der Waals surface area (Å²) in [6, 6.07) is 9.91. The van der Waals surface area contributed by atoms with Crippen LogP contribution in [0.25, 0.3) is 0 Å². The van der Waals surface area contributed by atoms with Crippen molar-refractivity contribution in [3.63, 3.8) is 0 Å². The van der Waals surface area contributed by atoms with Gasteiger partial charge < -0.3 is 5.32 Å². The van der Waals surface area contributed by atoms with Crippen molar-refractivity contribution in [3.05, 3.63) is 35.4 Å². The second-order valence-corrected chi connectivity index (χ2v) is 4.41. The van der Waals surface area contributed by atoms with Crippen LogP contribution in [0.3, 0.4) is 0 Å². The van der Waals surface area contributed by atoms with E-state index in [0.717, 1.165) is 6.42 Å². The third kappa shape index (κ3) is 3.93. The van der Waals surface area contributed by atoms with Crippen molar-refractivity contribution < 1.29 is 0 Å². The Balaban J connectivity index is 2.47. The van der Waals surface area contributed by atoms with E-state index in [9.17, 15) is 0 Å². The maximum absolute atomic E-state index is 3.51. The monoisotopic (exact) mass is 191 g/mol. The van der Waals surface area contributed by atoms with Crippen molar-refractivity contribution >= 4 is 0 Å².